The Morgan fingerprint density at radius 2 is 1.80 bits per heavy atom. The van der Waals surface area contributed by atoms with Gasteiger partial charge >= 0.3 is 0 Å². The lowest BCUT2D eigenvalue weighted by Crippen LogP contribution is -2.35. The van der Waals surface area contributed by atoms with E-state index in [1.807, 2.05) is 4.90 Å². The molecule has 0 radical (unpaired) electrons. The number of fused-ring (bicyclic) bond motifs is 3. The molecule has 4 rings (SSSR count). The van der Waals surface area contributed by atoms with Crippen LogP contribution in [0.25, 0.3) is 10.2 Å². The van der Waals surface area contributed by atoms with Gasteiger partial charge < -0.3 is 10.2 Å². The maximum absolute atomic E-state index is 12.9. The van der Waals surface area contributed by atoms with Crippen molar-refractivity contribution in [3.8, 4) is 0 Å². The van der Waals surface area contributed by atoms with Crippen LogP contribution in [-0.4, -0.2) is 45.9 Å². The molecule has 2 aromatic heterocycles. The van der Waals surface area contributed by atoms with E-state index in [2.05, 4.69) is 10.3 Å². The van der Waals surface area contributed by atoms with Gasteiger partial charge in [-0.25, -0.2) is 4.98 Å². The number of aromatic nitrogens is 2. The molecule has 0 unspecified atom stereocenters. The smallest absolute Gasteiger partial charge is 0.262 e. The highest BCUT2D eigenvalue weighted by Crippen LogP contribution is 2.33. The lowest BCUT2D eigenvalue weighted by molar-refractivity contribution is -0.131. The molecule has 2 amide bonds. The first-order valence-electron chi connectivity index (χ1n) is 11.2. The van der Waals surface area contributed by atoms with Crippen molar-refractivity contribution in [3.05, 3.63) is 27.1 Å². The highest BCUT2D eigenvalue weighted by atomic mass is 32.1. The second-order valence-corrected chi connectivity index (χ2v) is 9.36. The van der Waals surface area contributed by atoms with Crippen molar-refractivity contribution in [3.63, 3.8) is 0 Å². The van der Waals surface area contributed by atoms with Gasteiger partial charge in [0.25, 0.3) is 5.56 Å². The van der Waals surface area contributed by atoms with Crippen LogP contribution in [0.1, 0.15) is 61.8 Å². The first-order chi connectivity index (χ1) is 14.6. The third kappa shape index (κ3) is 4.74. The summed E-state index contributed by atoms with van der Waals surface area (Å²) in [6, 6.07) is 0. The molecule has 1 aliphatic carbocycles. The van der Waals surface area contributed by atoms with Gasteiger partial charge in [-0.05, 0) is 44.1 Å². The average molecular weight is 431 g/mol. The van der Waals surface area contributed by atoms with E-state index >= 15 is 0 Å². The molecule has 30 heavy (non-hydrogen) atoms. The van der Waals surface area contributed by atoms with Crippen molar-refractivity contribution in [1.82, 2.24) is 19.8 Å². The number of likely N-dealkylation sites (tertiary alicyclic amines) is 1. The fourth-order valence-corrected chi connectivity index (χ4v) is 5.66. The molecule has 2 aliphatic rings. The van der Waals surface area contributed by atoms with E-state index in [4.69, 9.17) is 0 Å². The lowest BCUT2D eigenvalue weighted by Gasteiger charge is -2.20. The van der Waals surface area contributed by atoms with Crippen molar-refractivity contribution in [2.75, 3.05) is 19.6 Å². The van der Waals surface area contributed by atoms with Crippen molar-refractivity contribution >= 4 is 33.4 Å². The standard InChI is InChI=1S/C22H30N4O3S/c27-18(23-11-9-19(28)25-12-5-1-2-6-13-25)10-14-26-15-24-21-20(22(26)29)16-7-3-4-8-17(16)30-21/h15H,1-14H2,(H,23,27). The number of amides is 2. The van der Waals surface area contributed by atoms with Gasteiger partial charge in [0.2, 0.25) is 11.8 Å². The van der Waals surface area contributed by atoms with Crippen LogP contribution in [0.2, 0.25) is 0 Å². The lowest BCUT2D eigenvalue weighted by atomic mass is 9.97. The van der Waals surface area contributed by atoms with E-state index in [9.17, 15) is 14.4 Å². The molecule has 162 valence electrons. The third-order valence-electron chi connectivity index (χ3n) is 6.14. The zero-order valence-corrected chi connectivity index (χ0v) is 18.3. The fraction of sp³-hybridized carbons (Fsp3) is 0.636. The monoisotopic (exact) mass is 430 g/mol. The van der Waals surface area contributed by atoms with Gasteiger partial charge in [0, 0.05) is 43.9 Å². The van der Waals surface area contributed by atoms with Gasteiger partial charge in [-0.2, -0.15) is 0 Å². The molecule has 7 nitrogen and oxygen atoms in total. The Balaban J connectivity index is 1.28. The molecule has 0 aromatic carbocycles. The summed E-state index contributed by atoms with van der Waals surface area (Å²) in [4.78, 5) is 45.9. The molecular formula is C22H30N4O3S. The summed E-state index contributed by atoms with van der Waals surface area (Å²) < 4.78 is 1.55. The van der Waals surface area contributed by atoms with Gasteiger partial charge in [-0.1, -0.05) is 12.8 Å². The van der Waals surface area contributed by atoms with E-state index in [1.165, 1.54) is 29.7 Å². The average Bonchev–Trinajstić information content (AvgIpc) is 2.92. The molecule has 1 fully saturated rings. The van der Waals surface area contributed by atoms with Gasteiger partial charge in [0.1, 0.15) is 4.83 Å². The van der Waals surface area contributed by atoms with Crippen LogP contribution in [0.4, 0.5) is 0 Å². The van der Waals surface area contributed by atoms with Crippen LogP contribution in [0.15, 0.2) is 11.1 Å². The summed E-state index contributed by atoms with van der Waals surface area (Å²) in [6.45, 7) is 2.31. The molecule has 1 aliphatic heterocycles. The Morgan fingerprint density at radius 1 is 1.03 bits per heavy atom. The second kappa shape index (κ2) is 9.73. The molecule has 8 heteroatoms. The molecule has 0 saturated carbocycles. The third-order valence-corrected chi connectivity index (χ3v) is 7.34. The van der Waals surface area contributed by atoms with Crippen LogP contribution >= 0.6 is 11.3 Å². The Hall–Kier alpha value is -2.22. The van der Waals surface area contributed by atoms with Gasteiger partial charge in [-0.3, -0.25) is 19.0 Å². The minimum atomic E-state index is -0.141. The van der Waals surface area contributed by atoms with Crippen molar-refractivity contribution in [2.24, 2.45) is 0 Å². The maximum Gasteiger partial charge on any atom is 0.262 e. The first kappa shape index (κ1) is 21.0. The van der Waals surface area contributed by atoms with Crippen molar-refractivity contribution in [2.45, 2.75) is 70.8 Å². The molecule has 3 heterocycles. The van der Waals surface area contributed by atoms with E-state index in [0.29, 0.717) is 19.5 Å². The van der Waals surface area contributed by atoms with Crippen LogP contribution < -0.4 is 10.9 Å². The molecule has 0 atom stereocenters. The quantitative estimate of drug-likeness (QED) is 0.764. The number of nitrogens with zero attached hydrogens (tertiary/aromatic N) is 3. The van der Waals surface area contributed by atoms with E-state index < -0.39 is 0 Å². The SMILES string of the molecule is O=C(CCn1cnc2sc3c(c2c1=O)CCCC3)NCCC(=O)N1CCCCCC1. The van der Waals surface area contributed by atoms with Gasteiger partial charge in [0.05, 0.1) is 11.7 Å². The number of nitrogens with one attached hydrogen (secondary N) is 1. The van der Waals surface area contributed by atoms with Crippen LogP contribution in [-0.2, 0) is 29.0 Å². The van der Waals surface area contributed by atoms with Crippen LogP contribution in [0.5, 0.6) is 0 Å². The fourth-order valence-electron chi connectivity index (χ4n) is 4.44. The summed E-state index contributed by atoms with van der Waals surface area (Å²) >= 11 is 1.63. The van der Waals surface area contributed by atoms with Gasteiger partial charge in [0.15, 0.2) is 0 Å². The predicted octanol–water partition coefficient (Wildman–Crippen LogP) is 2.64. The Bertz CT molecular complexity index is 973. The Kier molecular flexibility index (Phi) is 6.82. The summed E-state index contributed by atoms with van der Waals surface area (Å²) in [5.74, 6) is -0.0247. The maximum atomic E-state index is 12.9. The molecule has 0 spiro atoms. The summed E-state index contributed by atoms with van der Waals surface area (Å²) in [7, 11) is 0. The summed E-state index contributed by atoms with van der Waals surface area (Å²) in [5, 5.41) is 3.57. The van der Waals surface area contributed by atoms with Gasteiger partial charge in [-0.15, -0.1) is 11.3 Å². The highest BCUT2D eigenvalue weighted by molar-refractivity contribution is 7.18. The molecule has 1 N–H and O–H groups in total. The normalized spacial score (nSPS) is 16.9. The first-order valence-corrected chi connectivity index (χ1v) is 12.0. The zero-order valence-electron chi connectivity index (χ0n) is 17.5. The minimum absolute atomic E-state index is 0.0384. The second-order valence-electron chi connectivity index (χ2n) is 8.28. The Labute approximate surface area is 180 Å². The zero-order chi connectivity index (χ0) is 20.9. The largest absolute Gasteiger partial charge is 0.356 e. The molecule has 1 saturated heterocycles. The topological polar surface area (TPSA) is 84.3 Å². The number of rotatable bonds is 6. The minimum Gasteiger partial charge on any atom is -0.356 e. The van der Waals surface area contributed by atoms with E-state index in [1.54, 1.807) is 22.2 Å². The van der Waals surface area contributed by atoms with Crippen LogP contribution in [0.3, 0.4) is 0 Å². The number of hydrogen-bond acceptors (Lipinski definition) is 5. The molecule has 2 aromatic rings. The Morgan fingerprint density at radius 3 is 2.60 bits per heavy atom. The number of hydrogen-bond donors (Lipinski definition) is 1. The number of carbonyl (C=O) groups is 2. The number of aryl methyl sites for hydroxylation is 3. The highest BCUT2D eigenvalue weighted by Gasteiger charge is 2.20. The van der Waals surface area contributed by atoms with E-state index in [-0.39, 0.29) is 23.8 Å². The van der Waals surface area contributed by atoms with Crippen molar-refractivity contribution in [1.29, 1.82) is 0 Å². The molecular weight excluding hydrogens is 400 g/mol. The van der Waals surface area contributed by atoms with Crippen LogP contribution in [0, 0.1) is 0 Å². The predicted molar refractivity (Wildman–Crippen MR) is 118 cm³/mol. The number of carbonyl (C=O) groups excluding carboxylic acids is 2. The molecule has 0 bridgehead atoms. The van der Waals surface area contributed by atoms with E-state index in [0.717, 1.165) is 55.4 Å². The summed E-state index contributed by atoms with van der Waals surface area (Å²) in [6.07, 6.45) is 10.9. The number of thiophene rings is 1. The van der Waals surface area contributed by atoms with Crippen molar-refractivity contribution < 1.29 is 9.59 Å². The summed E-state index contributed by atoms with van der Waals surface area (Å²) in [5.41, 5.74) is 1.13.